The summed E-state index contributed by atoms with van der Waals surface area (Å²) in [7, 11) is 3.16. The minimum atomic E-state index is -0.00116. The number of nitrogens with two attached hydrogens (primary N) is 1. The Morgan fingerprint density at radius 2 is 1.71 bits per heavy atom. The van der Waals surface area contributed by atoms with Crippen molar-refractivity contribution < 1.29 is 9.47 Å². The van der Waals surface area contributed by atoms with E-state index < -0.39 is 0 Å². The summed E-state index contributed by atoms with van der Waals surface area (Å²) >= 11 is 1.71. The van der Waals surface area contributed by atoms with E-state index in [9.17, 15) is 0 Å². The van der Waals surface area contributed by atoms with Crippen LogP contribution in [0.5, 0.6) is 11.8 Å². The van der Waals surface area contributed by atoms with Crippen LogP contribution in [0.3, 0.4) is 0 Å². The Morgan fingerprint density at radius 1 is 1.10 bits per heavy atom. The quantitative estimate of drug-likeness (QED) is 0.846. The predicted molar refractivity (Wildman–Crippen MR) is 84.9 cm³/mol. The summed E-state index contributed by atoms with van der Waals surface area (Å²) in [4.78, 5) is 8.91. The van der Waals surface area contributed by atoms with Gasteiger partial charge < -0.3 is 15.2 Å². The topological polar surface area (TPSA) is 70.3 Å². The van der Waals surface area contributed by atoms with Crippen LogP contribution in [0.4, 0.5) is 0 Å². The van der Waals surface area contributed by atoms with Crippen LogP contribution in [0.1, 0.15) is 16.6 Å². The fraction of sp³-hybridized carbons (Fsp3) is 0.333. The number of hydrogen-bond acceptors (Lipinski definition) is 6. The highest BCUT2D eigenvalue weighted by Crippen LogP contribution is 2.34. The van der Waals surface area contributed by atoms with E-state index in [0.29, 0.717) is 24.1 Å². The smallest absolute Gasteiger partial charge is 0.220 e. The van der Waals surface area contributed by atoms with Gasteiger partial charge >= 0.3 is 0 Å². The lowest BCUT2D eigenvalue weighted by molar-refractivity contribution is 0.368. The van der Waals surface area contributed by atoms with Gasteiger partial charge in [-0.15, -0.1) is 11.8 Å². The Bertz CT molecular complexity index is 544. The minimum absolute atomic E-state index is 0.00116. The number of benzene rings is 1. The van der Waals surface area contributed by atoms with E-state index >= 15 is 0 Å². The second-order valence-electron chi connectivity index (χ2n) is 4.26. The molecule has 0 bridgehead atoms. The van der Waals surface area contributed by atoms with Gasteiger partial charge in [0.25, 0.3) is 0 Å². The summed E-state index contributed by atoms with van der Waals surface area (Å²) in [5.41, 5.74) is 6.76. The molecule has 1 atom stereocenters. The third-order valence-corrected chi connectivity index (χ3v) is 4.14. The minimum Gasteiger partial charge on any atom is -0.481 e. The van der Waals surface area contributed by atoms with Crippen LogP contribution in [0.25, 0.3) is 0 Å². The van der Waals surface area contributed by atoms with Crippen LogP contribution in [-0.2, 0) is 0 Å². The molecule has 0 unspecified atom stereocenters. The van der Waals surface area contributed by atoms with Crippen molar-refractivity contribution in [3.05, 3.63) is 47.8 Å². The molecule has 0 saturated carbocycles. The summed E-state index contributed by atoms with van der Waals surface area (Å²) < 4.78 is 10.4. The van der Waals surface area contributed by atoms with Gasteiger partial charge in [-0.2, -0.15) is 9.97 Å². The number of aromatic nitrogens is 2. The molecule has 0 aliphatic heterocycles. The summed E-state index contributed by atoms with van der Waals surface area (Å²) in [5.74, 6) is 2.47. The zero-order valence-corrected chi connectivity index (χ0v) is 13.0. The van der Waals surface area contributed by atoms with E-state index in [0.717, 1.165) is 11.3 Å². The van der Waals surface area contributed by atoms with E-state index in [-0.39, 0.29) is 5.25 Å². The monoisotopic (exact) mass is 305 g/mol. The normalized spacial score (nSPS) is 12.0. The lowest BCUT2D eigenvalue weighted by Gasteiger charge is -2.16. The van der Waals surface area contributed by atoms with Crippen molar-refractivity contribution in [1.29, 1.82) is 0 Å². The first kappa shape index (κ1) is 15.6. The van der Waals surface area contributed by atoms with Crippen molar-refractivity contribution in [1.82, 2.24) is 9.97 Å². The van der Waals surface area contributed by atoms with E-state index in [1.807, 2.05) is 18.2 Å². The molecule has 0 aliphatic carbocycles. The number of hydrogen-bond donors (Lipinski definition) is 1. The molecule has 0 aliphatic rings. The van der Waals surface area contributed by atoms with Crippen LogP contribution in [-0.4, -0.2) is 36.5 Å². The first-order chi connectivity index (χ1) is 10.3. The predicted octanol–water partition coefficient (Wildman–Crippen LogP) is 2.28. The first-order valence-corrected chi connectivity index (χ1v) is 7.67. The molecule has 21 heavy (non-hydrogen) atoms. The van der Waals surface area contributed by atoms with Gasteiger partial charge in [-0.3, -0.25) is 0 Å². The maximum absolute atomic E-state index is 5.63. The van der Waals surface area contributed by atoms with Gasteiger partial charge in [0.05, 0.1) is 25.5 Å². The molecule has 112 valence electrons. The zero-order chi connectivity index (χ0) is 15.1. The molecule has 0 saturated heterocycles. The van der Waals surface area contributed by atoms with Crippen LogP contribution in [0, 0.1) is 0 Å². The summed E-state index contributed by atoms with van der Waals surface area (Å²) in [6.07, 6.45) is 0. The van der Waals surface area contributed by atoms with Gasteiger partial charge in [-0.1, -0.05) is 30.3 Å². The van der Waals surface area contributed by atoms with Gasteiger partial charge in [0.1, 0.15) is 0 Å². The molecule has 1 heterocycles. The lowest BCUT2D eigenvalue weighted by atomic mass is 10.1. The molecule has 0 fully saturated rings. The molecule has 2 N–H and O–H groups in total. The fourth-order valence-electron chi connectivity index (χ4n) is 1.88. The van der Waals surface area contributed by atoms with Gasteiger partial charge in [0.15, 0.2) is 5.82 Å². The molecular formula is C15H19N3O2S. The highest BCUT2D eigenvalue weighted by molar-refractivity contribution is 7.99. The third-order valence-electron chi connectivity index (χ3n) is 2.85. The average Bonchev–Trinajstić information content (AvgIpc) is 2.55. The second-order valence-corrected chi connectivity index (χ2v) is 5.47. The fourth-order valence-corrected chi connectivity index (χ4v) is 2.86. The maximum Gasteiger partial charge on any atom is 0.220 e. The zero-order valence-electron chi connectivity index (χ0n) is 12.2. The largest absolute Gasteiger partial charge is 0.481 e. The molecular weight excluding hydrogens is 286 g/mol. The Balaban J connectivity index is 2.40. The third kappa shape index (κ3) is 4.09. The van der Waals surface area contributed by atoms with Crippen molar-refractivity contribution in [3.8, 4) is 11.8 Å². The van der Waals surface area contributed by atoms with Gasteiger partial charge in [-0.25, -0.2) is 0 Å². The van der Waals surface area contributed by atoms with Crippen molar-refractivity contribution in [2.24, 2.45) is 5.73 Å². The molecule has 6 heteroatoms. The van der Waals surface area contributed by atoms with Crippen LogP contribution >= 0.6 is 11.8 Å². The van der Waals surface area contributed by atoms with E-state index in [1.54, 1.807) is 32.0 Å². The molecule has 1 aromatic heterocycles. The Hall–Kier alpha value is -1.79. The van der Waals surface area contributed by atoms with Gasteiger partial charge in [0.2, 0.25) is 11.8 Å². The van der Waals surface area contributed by atoms with E-state index in [1.165, 1.54) is 0 Å². The molecule has 2 aromatic rings. The summed E-state index contributed by atoms with van der Waals surface area (Å²) in [6, 6.07) is 11.8. The summed E-state index contributed by atoms with van der Waals surface area (Å²) in [6.45, 7) is 0.606. The van der Waals surface area contributed by atoms with Gasteiger partial charge in [-0.05, 0) is 5.56 Å². The number of thioether (sulfide) groups is 1. The Kier molecular flexibility index (Phi) is 5.83. The highest BCUT2D eigenvalue weighted by Gasteiger charge is 2.19. The SMILES string of the molecule is COc1cc(OC)nc([C@@H](SCCN)c2ccccc2)n1. The van der Waals surface area contributed by atoms with E-state index in [2.05, 4.69) is 22.1 Å². The number of ether oxygens (including phenoxy) is 2. The molecule has 0 amide bonds. The molecule has 1 aromatic carbocycles. The molecule has 2 rings (SSSR count). The van der Waals surface area contributed by atoms with Crippen molar-refractivity contribution in [2.75, 3.05) is 26.5 Å². The van der Waals surface area contributed by atoms with Crippen molar-refractivity contribution >= 4 is 11.8 Å². The van der Waals surface area contributed by atoms with Crippen LogP contribution < -0.4 is 15.2 Å². The van der Waals surface area contributed by atoms with Crippen LogP contribution in [0.15, 0.2) is 36.4 Å². The summed E-state index contributed by atoms with van der Waals surface area (Å²) in [5, 5.41) is -0.00116. The molecule has 0 radical (unpaired) electrons. The van der Waals surface area contributed by atoms with Crippen LogP contribution in [0.2, 0.25) is 0 Å². The van der Waals surface area contributed by atoms with Gasteiger partial charge in [0, 0.05) is 12.3 Å². The average molecular weight is 305 g/mol. The Labute approximate surface area is 128 Å². The number of rotatable bonds is 7. The second kappa shape index (κ2) is 7.85. The number of methoxy groups -OCH3 is 2. The molecule has 0 spiro atoms. The maximum atomic E-state index is 5.63. The molecule has 5 nitrogen and oxygen atoms in total. The lowest BCUT2D eigenvalue weighted by Crippen LogP contribution is -2.09. The highest BCUT2D eigenvalue weighted by atomic mass is 32.2. The number of nitrogens with zero attached hydrogens (tertiary/aromatic N) is 2. The first-order valence-electron chi connectivity index (χ1n) is 6.62. The van der Waals surface area contributed by atoms with Crippen molar-refractivity contribution in [3.63, 3.8) is 0 Å². The Morgan fingerprint density at radius 3 is 2.24 bits per heavy atom. The van der Waals surface area contributed by atoms with E-state index in [4.69, 9.17) is 15.2 Å². The van der Waals surface area contributed by atoms with Crippen molar-refractivity contribution in [2.45, 2.75) is 5.25 Å². The standard InChI is InChI=1S/C15H19N3O2S/c1-19-12-10-13(20-2)18-15(17-12)14(21-9-8-16)11-6-4-3-5-7-11/h3-7,10,14H,8-9,16H2,1-2H3/t14-/m0/s1.